The second kappa shape index (κ2) is 14.3. The van der Waals surface area contributed by atoms with E-state index in [1.165, 1.54) is 106 Å². The average Bonchev–Trinajstić information content (AvgIpc) is 3.65. The van der Waals surface area contributed by atoms with E-state index in [-0.39, 0.29) is 6.04 Å². The summed E-state index contributed by atoms with van der Waals surface area (Å²) in [4.78, 5) is 5.09. The molecule has 0 saturated heterocycles. The zero-order valence-electron chi connectivity index (χ0n) is 35.2. The van der Waals surface area contributed by atoms with Gasteiger partial charge in [0.15, 0.2) is 0 Å². The summed E-state index contributed by atoms with van der Waals surface area (Å²) in [5, 5.41) is 5.38. The minimum Gasteiger partial charge on any atom is -0.334 e. The molecular formula is C61H46N2. The largest absolute Gasteiger partial charge is 0.334 e. The Morgan fingerprint density at radius 1 is 0.540 bits per heavy atom. The third-order valence-corrected chi connectivity index (χ3v) is 14.5. The van der Waals surface area contributed by atoms with Crippen LogP contribution in [0, 0.1) is 0 Å². The lowest BCUT2D eigenvalue weighted by molar-refractivity contribution is 0.730. The van der Waals surface area contributed by atoms with E-state index in [1.54, 1.807) is 0 Å². The van der Waals surface area contributed by atoms with Gasteiger partial charge in [-0.25, -0.2) is 0 Å². The number of allylic oxidation sites excluding steroid dienone is 7. The summed E-state index contributed by atoms with van der Waals surface area (Å²) >= 11 is 0. The minimum absolute atomic E-state index is 0.0776. The van der Waals surface area contributed by atoms with Crippen LogP contribution in [0.4, 0.5) is 28.4 Å². The average molecular weight is 807 g/mol. The van der Waals surface area contributed by atoms with E-state index in [4.69, 9.17) is 0 Å². The first-order valence-electron chi connectivity index (χ1n) is 22.7. The van der Waals surface area contributed by atoms with Gasteiger partial charge in [-0.15, -0.1) is 0 Å². The third kappa shape index (κ3) is 5.37. The van der Waals surface area contributed by atoms with Crippen molar-refractivity contribution in [2.75, 3.05) is 9.80 Å². The van der Waals surface area contributed by atoms with Gasteiger partial charge >= 0.3 is 0 Å². The number of nitrogens with zero attached hydrogens (tertiary/aromatic N) is 2. The molecule has 0 bridgehead atoms. The highest BCUT2D eigenvalue weighted by Crippen LogP contribution is 2.64. The van der Waals surface area contributed by atoms with Crippen LogP contribution < -0.4 is 9.80 Å². The van der Waals surface area contributed by atoms with Crippen LogP contribution in [-0.4, -0.2) is 6.04 Å². The highest BCUT2D eigenvalue weighted by atomic mass is 15.2. The van der Waals surface area contributed by atoms with Gasteiger partial charge in [-0.3, -0.25) is 0 Å². The molecule has 1 aliphatic heterocycles. The third-order valence-electron chi connectivity index (χ3n) is 14.5. The molecule has 4 aliphatic carbocycles. The predicted molar refractivity (Wildman–Crippen MR) is 266 cm³/mol. The summed E-state index contributed by atoms with van der Waals surface area (Å²) in [6, 6.07) is 64.2. The van der Waals surface area contributed by atoms with Crippen molar-refractivity contribution in [1.29, 1.82) is 0 Å². The Morgan fingerprint density at radius 3 is 2.00 bits per heavy atom. The van der Waals surface area contributed by atoms with Crippen LogP contribution in [0.2, 0.25) is 0 Å². The molecule has 0 saturated carbocycles. The summed E-state index contributed by atoms with van der Waals surface area (Å²) in [6.45, 7) is 0. The Bertz CT molecular complexity index is 3270. The first kappa shape index (κ1) is 36.3. The molecule has 1 spiro atoms. The Labute approximate surface area is 369 Å². The first-order valence-corrected chi connectivity index (χ1v) is 22.7. The van der Waals surface area contributed by atoms with Crippen LogP contribution >= 0.6 is 0 Å². The molecule has 8 aromatic carbocycles. The van der Waals surface area contributed by atoms with Crippen molar-refractivity contribution in [3.05, 3.63) is 251 Å². The Kier molecular flexibility index (Phi) is 8.24. The number of fused-ring (bicyclic) bond motifs is 14. The quantitative estimate of drug-likeness (QED) is 0.160. The summed E-state index contributed by atoms with van der Waals surface area (Å²) in [5.74, 6) is 0. The fourth-order valence-electron chi connectivity index (χ4n) is 11.9. The van der Waals surface area contributed by atoms with Crippen molar-refractivity contribution >= 4 is 67.2 Å². The van der Waals surface area contributed by atoms with E-state index >= 15 is 0 Å². The molecular weight excluding hydrogens is 761 g/mol. The number of benzene rings is 8. The van der Waals surface area contributed by atoms with Crippen molar-refractivity contribution in [3.63, 3.8) is 0 Å². The standard InChI is InChI=1S/C61H46N2/c1-3-17-41(18-4-1)42-31-33-44(34-32-42)62(45-35-37-51-49-23-8-7-21-47(49)48-22-9-10-24-50(48)53(51)39-45)46-36-38-56-54(40-46)52-25-11-12-26-55(52)61(56)57-27-13-15-29-59(57)63(43-19-5-2-6-20-43)60-30-16-14-28-58(60)61/h1-3,5-7,9-17,19-22,24-39,46H,4,8,18,23,40H2. The summed E-state index contributed by atoms with van der Waals surface area (Å²) in [7, 11) is 0. The normalized spacial score (nSPS) is 17.6. The molecule has 2 heteroatoms. The number of hydrogen-bond donors (Lipinski definition) is 0. The minimum atomic E-state index is -0.462. The summed E-state index contributed by atoms with van der Waals surface area (Å²) in [6.07, 6.45) is 21.7. The maximum Gasteiger partial charge on any atom is 0.0750 e. The summed E-state index contributed by atoms with van der Waals surface area (Å²) in [5.41, 5.74) is 19.4. The number of hydrogen-bond acceptors (Lipinski definition) is 2. The fraction of sp³-hybridized carbons (Fsp3) is 0.115. The topological polar surface area (TPSA) is 6.48 Å². The van der Waals surface area contributed by atoms with Gasteiger partial charge in [0.2, 0.25) is 0 Å². The lowest BCUT2D eigenvalue weighted by Crippen LogP contribution is -2.37. The van der Waals surface area contributed by atoms with Gasteiger partial charge in [0, 0.05) is 17.1 Å². The maximum atomic E-state index is 2.63. The van der Waals surface area contributed by atoms with Crippen molar-refractivity contribution < 1.29 is 0 Å². The highest BCUT2D eigenvalue weighted by Gasteiger charge is 2.53. The molecule has 13 rings (SSSR count). The molecule has 5 aliphatic rings. The van der Waals surface area contributed by atoms with Crippen molar-refractivity contribution in [3.8, 4) is 0 Å². The summed E-state index contributed by atoms with van der Waals surface area (Å²) < 4.78 is 0. The monoisotopic (exact) mass is 806 g/mol. The van der Waals surface area contributed by atoms with Gasteiger partial charge in [0.1, 0.15) is 0 Å². The molecule has 1 atom stereocenters. The number of anilines is 5. The van der Waals surface area contributed by atoms with Gasteiger partial charge < -0.3 is 9.80 Å². The van der Waals surface area contributed by atoms with Crippen LogP contribution in [0.1, 0.15) is 64.6 Å². The van der Waals surface area contributed by atoms with E-state index in [2.05, 4.69) is 222 Å². The smallest absolute Gasteiger partial charge is 0.0750 e. The van der Waals surface area contributed by atoms with E-state index in [1.807, 2.05) is 0 Å². The zero-order valence-corrected chi connectivity index (χ0v) is 35.2. The van der Waals surface area contributed by atoms with E-state index in [0.717, 1.165) is 32.1 Å². The molecule has 300 valence electrons. The van der Waals surface area contributed by atoms with Crippen LogP contribution in [0.3, 0.4) is 0 Å². The van der Waals surface area contributed by atoms with E-state index < -0.39 is 5.41 Å². The number of aryl methyl sites for hydroxylation is 1. The van der Waals surface area contributed by atoms with Crippen molar-refractivity contribution in [2.45, 2.75) is 43.6 Å². The number of rotatable bonds is 5. The highest BCUT2D eigenvalue weighted by molar-refractivity contribution is 6.14. The Balaban J connectivity index is 0.998. The molecule has 0 aromatic heterocycles. The van der Waals surface area contributed by atoms with Gasteiger partial charge in [0.05, 0.1) is 22.8 Å². The molecule has 1 heterocycles. The molecule has 0 fully saturated rings. The van der Waals surface area contributed by atoms with E-state index in [0.29, 0.717) is 0 Å². The van der Waals surface area contributed by atoms with Crippen LogP contribution in [0.25, 0.3) is 38.8 Å². The van der Waals surface area contributed by atoms with Gasteiger partial charge in [-0.1, -0.05) is 164 Å². The van der Waals surface area contributed by atoms with Gasteiger partial charge in [0.25, 0.3) is 0 Å². The maximum absolute atomic E-state index is 2.63. The van der Waals surface area contributed by atoms with Crippen molar-refractivity contribution in [2.24, 2.45) is 0 Å². The van der Waals surface area contributed by atoms with Crippen LogP contribution in [-0.2, 0) is 11.8 Å². The fourth-order valence-corrected chi connectivity index (χ4v) is 11.9. The molecule has 2 nitrogen and oxygen atoms in total. The van der Waals surface area contributed by atoms with Crippen LogP contribution in [0.15, 0.2) is 212 Å². The molecule has 1 unspecified atom stereocenters. The predicted octanol–water partition coefficient (Wildman–Crippen LogP) is 15.7. The Hall–Kier alpha value is -7.42. The van der Waals surface area contributed by atoms with Crippen LogP contribution in [0.5, 0.6) is 0 Å². The SMILES string of the molecule is C1=CCCC(c2ccc(N(c3ccc4c5c(c6ccccc6c4c3)C=CCC5)C3C=CC4=C(C3)c3ccccc3C43c4ccccc4N(c4ccccc4)c4ccccc43)cc2)=C1. The lowest BCUT2D eigenvalue weighted by atomic mass is 9.63. The van der Waals surface area contributed by atoms with Gasteiger partial charge in [-0.2, -0.15) is 0 Å². The number of para-hydroxylation sites is 3. The first-order chi connectivity index (χ1) is 31.3. The van der Waals surface area contributed by atoms with E-state index in [9.17, 15) is 0 Å². The van der Waals surface area contributed by atoms with Crippen molar-refractivity contribution in [1.82, 2.24) is 0 Å². The molecule has 0 amide bonds. The molecule has 0 N–H and O–H groups in total. The zero-order chi connectivity index (χ0) is 41.5. The second-order valence-electron chi connectivity index (χ2n) is 17.7. The molecule has 63 heavy (non-hydrogen) atoms. The van der Waals surface area contributed by atoms with Gasteiger partial charge in [-0.05, 0) is 158 Å². The lowest BCUT2D eigenvalue weighted by Gasteiger charge is -2.46. The second-order valence-corrected chi connectivity index (χ2v) is 17.7. The molecule has 8 aromatic rings. The molecule has 0 radical (unpaired) electrons. The Morgan fingerprint density at radius 2 is 1.22 bits per heavy atom.